The maximum absolute atomic E-state index is 13.0. The number of thiazole rings is 1. The van der Waals surface area contributed by atoms with E-state index >= 15 is 0 Å². The SMILES string of the molecule is CCn1c(CSc2nc3ccccc3s2)nnc1SCC(=O)N1c2ccccc2C[C@H]1C. The van der Waals surface area contributed by atoms with Crippen LogP contribution in [0.5, 0.6) is 0 Å². The molecule has 0 bridgehead atoms. The number of hydrogen-bond acceptors (Lipinski definition) is 7. The number of anilines is 1. The summed E-state index contributed by atoms with van der Waals surface area (Å²) >= 11 is 4.84. The van der Waals surface area contributed by atoms with E-state index in [1.165, 1.54) is 22.0 Å². The molecular formula is C23H23N5OS3. The van der Waals surface area contributed by atoms with E-state index in [1.54, 1.807) is 23.1 Å². The van der Waals surface area contributed by atoms with Gasteiger partial charge >= 0.3 is 0 Å². The lowest BCUT2D eigenvalue weighted by Gasteiger charge is -2.22. The number of thioether (sulfide) groups is 2. The molecule has 164 valence electrons. The third-order valence-electron chi connectivity index (χ3n) is 5.51. The van der Waals surface area contributed by atoms with Crippen LogP contribution < -0.4 is 4.90 Å². The Hall–Kier alpha value is -2.36. The largest absolute Gasteiger partial charge is 0.308 e. The van der Waals surface area contributed by atoms with Gasteiger partial charge in [0.25, 0.3) is 0 Å². The molecule has 2 aromatic heterocycles. The highest BCUT2D eigenvalue weighted by Gasteiger charge is 2.30. The van der Waals surface area contributed by atoms with E-state index in [0.29, 0.717) is 11.5 Å². The highest BCUT2D eigenvalue weighted by atomic mass is 32.2. The summed E-state index contributed by atoms with van der Waals surface area (Å²) in [5.41, 5.74) is 3.31. The van der Waals surface area contributed by atoms with E-state index in [-0.39, 0.29) is 11.9 Å². The molecule has 6 nitrogen and oxygen atoms in total. The lowest BCUT2D eigenvalue weighted by atomic mass is 10.1. The Labute approximate surface area is 199 Å². The van der Waals surface area contributed by atoms with Crippen LogP contribution in [0.15, 0.2) is 58.0 Å². The van der Waals surface area contributed by atoms with E-state index in [4.69, 9.17) is 0 Å². The second-order valence-electron chi connectivity index (χ2n) is 7.61. The first-order chi connectivity index (χ1) is 15.6. The van der Waals surface area contributed by atoms with Crippen molar-refractivity contribution in [2.24, 2.45) is 0 Å². The van der Waals surface area contributed by atoms with Crippen molar-refractivity contribution in [2.75, 3.05) is 10.7 Å². The maximum atomic E-state index is 13.0. The van der Waals surface area contributed by atoms with Crippen LogP contribution in [0.25, 0.3) is 10.2 Å². The molecule has 0 saturated heterocycles. The van der Waals surface area contributed by atoms with Crippen LogP contribution in [-0.4, -0.2) is 37.5 Å². The molecule has 1 amide bonds. The molecule has 1 atom stereocenters. The average molecular weight is 482 g/mol. The fourth-order valence-electron chi connectivity index (χ4n) is 4.03. The standard InChI is InChI=1S/C23H23N5OS3/c1-3-27-20(13-31-23-24-17-9-5-7-11-19(17)32-23)25-26-22(27)30-14-21(29)28-15(2)12-16-8-4-6-10-18(16)28/h4-11,15H,3,12-14H2,1-2H3/t15-/m1/s1. The quantitative estimate of drug-likeness (QED) is 0.335. The fraction of sp³-hybridized carbons (Fsp3) is 0.304. The number of carbonyl (C=O) groups excluding carboxylic acids is 1. The molecule has 9 heteroatoms. The Morgan fingerprint density at radius 3 is 2.78 bits per heavy atom. The first-order valence-electron chi connectivity index (χ1n) is 10.6. The molecule has 0 aliphatic carbocycles. The summed E-state index contributed by atoms with van der Waals surface area (Å²) in [6.45, 7) is 4.95. The second kappa shape index (κ2) is 9.25. The molecule has 0 unspecified atom stereocenters. The summed E-state index contributed by atoms with van der Waals surface area (Å²) in [6, 6.07) is 16.5. The van der Waals surface area contributed by atoms with Gasteiger partial charge in [0.1, 0.15) is 5.82 Å². The van der Waals surface area contributed by atoms with Crippen molar-refractivity contribution in [2.45, 2.75) is 48.1 Å². The number of hydrogen-bond donors (Lipinski definition) is 0. The summed E-state index contributed by atoms with van der Waals surface area (Å²) in [4.78, 5) is 19.6. The third-order valence-corrected chi connectivity index (χ3v) is 8.64. The predicted octanol–water partition coefficient (Wildman–Crippen LogP) is 5.27. The van der Waals surface area contributed by atoms with Gasteiger partial charge < -0.3 is 9.47 Å². The molecule has 1 aliphatic heterocycles. The zero-order valence-corrected chi connectivity index (χ0v) is 20.3. The van der Waals surface area contributed by atoms with Crippen LogP contribution in [0.3, 0.4) is 0 Å². The molecule has 2 aromatic carbocycles. The van der Waals surface area contributed by atoms with Gasteiger partial charge in [-0.05, 0) is 44.0 Å². The highest BCUT2D eigenvalue weighted by Crippen LogP contribution is 2.34. The van der Waals surface area contributed by atoms with Gasteiger partial charge in [-0.2, -0.15) is 0 Å². The van der Waals surface area contributed by atoms with Crippen LogP contribution in [0.2, 0.25) is 0 Å². The zero-order chi connectivity index (χ0) is 22.1. The molecule has 32 heavy (non-hydrogen) atoms. The lowest BCUT2D eigenvalue weighted by molar-refractivity contribution is -0.116. The summed E-state index contributed by atoms with van der Waals surface area (Å²) in [5.74, 6) is 2.07. The van der Waals surface area contributed by atoms with Gasteiger partial charge in [-0.3, -0.25) is 4.79 Å². The molecular weight excluding hydrogens is 458 g/mol. The number of nitrogens with zero attached hydrogens (tertiary/aromatic N) is 5. The minimum Gasteiger partial charge on any atom is -0.308 e. The molecule has 0 saturated carbocycles. The van der Waals surface area contributed by atoms with Gasteiger partial charge in [0.15, 0.2) is 9.50 Å². The number of rotatable bonds is 7. The first kappa shape index (κ1) is 21.5. The van der Waals surface area contributed by atoms with E-state index in [2.05, 4.69) is 45.7 Å². The Morgan fingerprint density at radius 2 is 1.94 bits per heavy atom. The maximum Gasteiger partial charge on any atom is 0.237 e. The van der Waals surface area contributed by atoms with E-state index < -0.39 is 0 Å². The topological polar surface area (TPSA) is 63.9 Å². The predicted molar refractivity (Wildman–Crippen MR) is 133 cm³/mol. The molecule has 5 rings (SSSR count). The molecule has 1 aliphatic rings. The normalized spacial score (nSPS) is 15.4. The molecule has 0 N–H and O–H groups in total. The number of para-hydroxylation sites is 2. The molecule has 0 radical (unpaired) electrons. The van der Waals surface area contributed by atoms with Crippen LogP contribution in [0.1, 0.15) is 25.2 Å². The number of carbonyl (C=O) groups is 1. The van der Waals surface area contributed by atoms with Crippen molar-refractivity contribution in [3.05, 3.63) is 59.9 Å². The first-order valence-corrected chi connectivity index (χ1v) is 13.4. The summed E-state index contributed by atoms with van der Waals surface area (Å²) in [7, 11) is 0. The van der Waals surface area contributed by atoms with Crippen molar-refractivity contribution in [3.63, 3.8) is 0 Å². The highest BCUT2D eigenvalue weighted by molar-refractivity contribution is 8.00. The number of benzene rings is 2. The lowest BCUT2D eigenvalue weighted by Crippen LogP contribution is -2.37. The smallest absolute Gasteiger partial charge is 0.237 e. The fourth-order valence-corrected chi connectivity index (χ4v) is 6.92. The van der Waals surface area contributed by atoms with E-state index in [1.807, 2.05) is 41.3 Å². The van der Waals surface area contributed by atoms with Gasteiger partial charge in [-0.25, -0.2) is 4.98 Å². The van der Waals surface area contributed by atoms with E-state index in [9.17, 15) is 4.79 Å². The van der Waals surface area contributed by atoms with Crippen molar-refractivity contribution in [1.29, 1.82) is 0 Å². The van der Waals surface area contributed by atoms with Crippen LogP contribution >= 0.6 is 34.9 Å². The van der Waals surface area contributed by atoms with Crippen molar-refractivity contribution in [3.8, 4) is 0 Å². The molecule has 3 heterocycles. The molecule has 0 fully saturated rings. The van der Waals surface area contributed by atoms with Gasteiger partial charge in [0.2, 0.25) is 5.91 Å². The van der Waals surface area contributed by atoms with Crippen LogP contribution in [-0.2, 0) is 23.5 Å². The second-order valence-corrected chi connectivity index (χ2v) is 10.8. The van der Waals surface area contributed by atoms with Crippen molar-refractivity contribution >= 4 is 56.7 Å². The third kappa shape index (κ3) is 4.16. The van der Waals surface area contributed by atoms with Crippen molar-refractivity contribution in [1.82, 2.24) is 19.7 Å². The number of fused-ring (bicyclic) bond motifs is 2. The molecule has 0 spiro atoms. The number of amides is 1. The van der Waals surface area contributed by atoms with Crippen LogP contribution in [0, 0.1) is 0 Å². The van der Waals surface area contributed by atoms with Crippen LogP contribution in [0.4, 0.5) is 5.69 Å². The summed E-state index contributed by atoms with van der Waals surface area (Å²) < 4.78 is 4.32. The van der Waals surface area contributed by atoms with E-state index in [0.717, 1.165) is 39.5 Å². The zero-order valence-electron chi connectivity index (χ0n) is 17.9. The Bertz CT molecular complexity index is 1230. The Morgan fingerprint density at radius 1 is 1.12 bits per heavy atom. The minimum absolute atomic E-state index is 0.114. The van der Waals surface area contributed by atoms with Gasteiger partial charge in [-0.15, -0.1) is 21.5 Å². The van der Waals surface area contributed by atoms with Gasteiger partial charge in [0, 0.05) is 18.3 Å². The Kier molecular flexibility index (Phi) is 6.21. The number of aromatic nitrogens is 4. The summed E-state index contributed by atoms with van der Waals surface area (Å²) in [6.07, 6.45) is 0.908. The average Bonchev–Trinajstić information content (AvgIpc) is 3.49. The van der Waals surface area contributed by atoms with Gasteiger partial charge in [0.05, 0.1) is 21.7 Å². The Balaban J connectivity index is 1.24. The summed E-state index contributed by atoms with van der Waals surface area (Å²) in [5, 5.41) is 9.58. The van der Waals surface area contributed by atoms with Crippen molar-refractivity contribution < 1.29 is 4.79 Å². The molecule has 4 aromatic rings. The van der Waals surface area contributed by atoms with Gasteiger partial charge in [-0.1, -0.05) is 53.9 Å². The minimum atomic E-state index is 0.114. The monoisotopic (exact) mass is 481 g/mol.